The van der Waals surface area contributed by atoms with E-state index in [0.29, 0.717) is 34.1 Å². The van der Waals surface area contributed by atoms with Gasteiger partial charge in [-0.3, -0.25) is 4.79 Å². The second-order valence-electron chi connectivity index (χ2n) is 7.58. The van der Waals surface area contributed by atoms with E-state index in [9.17, 15) is 9.59 Å². The van der Waals surface area contributed by atoms with Crippen LogP contribution in [-0.2, 0) is 6.61 Å². The van der Waals surface area contributed by atoms with Gasteiger partial charge in [0.1, 0.15) is 18.1 Å². The average Bonchev–Trinajstić information content (AvgIpc) is 2.90. The third-order valence-electron chi connectivity index (χ3n) is 4.99. The number of benzene rings is 4. The highest BCUT2D eigenvalue weighted by Gasteiger charge is 2.12. The predicted molar refractivity (Wildman–Crippen MR) is 143 cm³/mol. The topological polar surface area (TPSA) is 77.0 Å². The molecule has 4 rings (SSSR count). The van der Waals surface area contributed by atoms with E-state index in [4.69, 9.17) is 21.1 Å². The van der Waals surface area contributed by atoms with Crippen molar-refractivity contribution in [3.8, 4) is 11.5 Å². The minimum Gasteiger partial charge on any atom is -0.489 e. The Labute approximate surface area is 221 Å². The van der Waals surface area contributed by atoms with Gasteiger partial charge >= 0.3 is 5.97 Å². The molecule has 0 fully saturated rings. The molecule has 1 N–H and O–H groups in total. The summed E-state index contributed by atoms with van der Waals surface area (Å²) in [6, 6.07) is 28.1. The van der Waals surface area contributed by atoms with Crippen molar-refractivity contribution in [1.82, 2.24) is 5.43 Å². The number of hydrogen-bond acceptors (Lipinski definition) is 5. The molecule has 0 aliphatic heterocycles. The van der Waals surface area contributed by atoms with Crippen LogP contribution >= 0.6 is 27.5 Å². The summed E-state index contributed by atoms with van der Waals surface area (Å²) in [5.41, 5.74) is 4.81. The minimum atomic E-state index is -0.540. The number of esters is 1. The van der Waals surface area contributed by atoms with Gasteiger partial charge in [0.05, 0.1) is 11.8 Å². The average molecular weight is 564 g/mol. The lowest BCUT2D eigenvalue weighted by atomic mass is 10.2. The fourth-order valence-corrected chi connectivity index (χ4v) is 3.63. The van der Waals surface area contributed by atoms with Crippen LogP contribution in [0.15, 0.2) is 107 Å². The molecule has 0 unspecified atom stereocenters. The highest BCUT2D eigenvalue weighted by molar-refractivity contribution is 9.10. The van der Waals surface area contributed by atoms with Crippen molar-refractivity contribution in [2.24, 2.45) is 5.10 Å². The van der Waals surface area contributed by atoms with Gasteiger partial charge in [0.25, 0.3) is 5.91 Å². The molecule has 4 aromatic carbocycles. The van der Waals surface area contributed by atoms with Crippen molar-refractivity contribution in [2.75, 3.05) is 0 Å². The van der Waals surface area contributed by atoms with E-state index in [0.717, 1.165) is 10.0 Å². The number of hydrazone groups is 1. The summed E-state index contributed by atoms with van der Waals surface area (Å²) in [6.45, 7) is 0.439. The molecule has 4 aromatic rings. The van der Waals surface area contributed by atoms with Gasteiger partial charge in [0.2, 0.25) is 0 Å². The maximum absolute atomic E-state index is 12.5. The van der Waals surface area contributed by atoms with Crippen LogP contribution in [0, 0.1) is 0 Å². The summed E-state index contributed by atoms with van der Waals surface area (Å²) >= 11 is 9.27. The molecule has 0 heterocycles. The Morgan fingerprint density at radius 3 is 2.31 bits per heavy atom. The smallest absolute Gasteiger partial charge is 0.343 e. The Morgan fingerprint density at radius 1 is 0.889 bits per heavy atom. The van der Waals surface area contributed by atoms with E-state index in [1.54, 1.807) is 66.7 Å². The molecule has 8 heteroatoms. The van der Waals surface area contributed by atoms with Gasteiger partial charge in [0, 0.05) is 20.6 Å². The van der Waals surface area contributed by atoms with Crippen LogP contribution in [0.1, 0.15) is 31.8 Å². The molecule has 0 atom stereocenters. The highest BCUT2D eigenvalue weighted by atomic mass is 79.9. The molecular weight excluding hydrogens is 544 g/mol. The molecule has 0 saturated carbocycles. The number of carbonyl (C=O) groups is 2. The molecule has 0 spiro atoms. The monoisotopic (exact) mass is 562 g/mol. The first kappa shape index (κ1) is 25.2. The Balaban J connectivity index is 1.37. The lowest BCUT2D eigenvalue weighted by molar-refractivity contribution is 0.0734. The van der Waals surface area contributed by atoms with Gasteiger partial charge in [-0.25, -0.2) is 10.2 Å². The summed E-state index contributed by atoms with van der Waals surface area (Å²) in [4.78, 5) is 25.0. The number of nitrogens with zero attached hydrogens (tertiary/aromatic N) is 1. The highest BCUT2D eigenvalue weighted by Crippen LogP contribution is 2.23. The number of rotatable bonds is 8. The van der Waals surface area contributed by atoms with Crippen LogP contribution in [0.5, 0.6) is 11.5 Å². The van der Waals surface area contributed by atoms with Crippen LogP contribution in [0.2, 0.25) is 5.02 Å². The summed E-state index contributed by atoms with van der Waals surface area (Å²) in [5.74, 6) is 0.00839. The fourth-order valence-electron chi connectivity index (χ4n) is 3.13. The summed E-state index contributed by atoms with van der Waals surface area (Å²) in [6.07, 6.45) is 1.41. The van der Waals surface area contributed by atoms with Crippen molar-refractivity contribution >= 4 is 45.6 Å². The molecule has 6 nitrogen and oxygen atoms in total. The second kappa shape index (κ2) is 12.2. The van der Waals surface area contributed by atoms with Crippen LogP contribution in [0.25, 0.3) is 0 Å². The van der Waals surface area contributed by atoms with Gasteiger partial charge < -0.3 is 9.47 Å². The van der Waals surface area contributed by atoms with Crippen molar-refractivity contribution in [2.45, 2.75) is 6.61 Å². The zero-order valence-electron chi connectivity index (χ0n) is 18.9. The van der Waals surface area contributed by atoms with Crippen molar-refractivity contribution in [3.63, 3.8) is 0 Å². The lowest BCUT2D eigenvalue weighted by Crippen LogP contribution is -2.17. The molecule has 0 aromatic heterocycles. The normalized spacial score (nSPS) is 10.7. The predicted octanol–water partition coefficient (Wildman–Crippen LogP) is 6.66. The van der Waals surface area contributed by atoms with E-state index in [1.165, 1.54) is 6.21 Å². The van der Waals surface area contributed by atoms with Gasteiger partial charge in [-0.2, -0.15) is 5.10 Å². The first-order valence-corrected chi connectivity index (χ1v) is 12.0. The molecular formula is C28H20BrClN2O4. The summed E-state index contributed by atoms with van der Waals surface area (Å²) < 4.78 is 12.0. The molecule has 0 aliphatic rings. The van der Waals surface area contributed by atoms with Crippen molar-refractivity contribution < 1.29 is 19.1 Å². The zero-order valence-corrected chi connectivity index (χ0v) is 21.2. The number of carbonyl (C=O) groups excluding carboxylic acids is 2. The van der Waals surface area contributed by atoms with Crippen LogP contribution in [0.4, 0.5) is 0 Å². The van der Waals surface area contributed by atoms with Gasteiger partial charge in [-0.15, -0.1) is 0 Å². The molecule has 0 radical (unpaired) electrons. The van der Waals surface area contributed by atoms with Gasteiger partial charge in [-0.1, -0.05) is 57.9 Å². The molecule has 0 bridgehead atoms. The van der Waals surface area contributed by atoms with E-state index in [-0.39, 0.29) is 5.75 Å². The standard InChI is InChI=1S/C28H20BrClN2O4/c29-23-10-15-26(36-28(34)21-6-11-24(30)12-7-21)22(16-23)17-31-32-27(33)20-8-13-25(14-9-20)35-18-19-4-2-1-3-5-19/h1-17H,18H2,(H,32,33). The Morgan fingerprint density at radius 2 is 1.58 bits per heavy atom. The second-order valence-corrected chi connectivity index (χ2v) is 8.93. The SMILES string of the molecule is O=C(NN=Cc1cc(Br)ccc1OC(=O)c1ccc(Cl)cc1)c1ccc(OCc2ccccc2)cc1. The van der Waals surface area contributed by atoms with Crippen LogP contribution < -0.4 is 14.9 Å². The summed E-state index contributed by atoms with van der Waals surface area (Å²) in [7, 11) is 0. The first-order chi connectivity index (χ1) is 17.5. The zero-order chi connectivity index (χ0) is 25.3. The maximum Gasteiger partial charge on any atom is 0.343 e. The van der Waals surface area contributed by atoms with Crippen molar-refractivity contribution in [1.29, 1.82) is 0 Å². The molecule has 1 amide bonds. The van der Waals surface area contributed by atoms with E-state index in [2.05, 4.69) is 26.5 Å². The summed E-state index contributed by atoms with van der Waals surface area (Å²) in [5, 5.41) is 4.55. The first-order valence-electron chi connectivity index (χ1n) is 10.9. The van der Waals surface area contributed by atoms with Gasteiger partial charge in [-0.05, 0) is 72.3 Å². The number of nitrogens with one attached hydrogen (secondary N) is 1. The van der Waals surface area contributed by atoms with Gasteiger partial charge in [0.15, 0.2) is 0 Å². The Hall–Kier alpha value is -3.94. The molecule has 0 saturated heterocycles. The van der Waals surface area contributed by atoms with E-state index < -0.39 is 11.9 Å². The quantitative estimate of drug-likeness (QED) is 0.112. The maximum atomic E-state index is 12.5. The van der Waals surface area contributed by atoms with Crippen LogP contribution in [-0.4, -0.2) is 18.1 Å². The lowest BCUT2D eigenvalue weighted by Gasteiger charge is -2.08. The number of amides is 1. The Kier molecular flexibility index (Phi) is 8.49. The molecule has 36 heavy (non-hydrogen) atoms. The third kappa shape index (κ3) is 7.04. The molecule has 0 aliphatic carbocycles. The number of halogens is 2. The Bertz CT molecular complexity index is 1380. The van der Waals surface area contributed by atoms with E-state index in [1.807, 2.05) is 30.3 Å². The number of ether oxygens (including phenoxy) is 2. The van der Waals surface area contributed by atoms with Crippen molar-refractivity contribution in [3.05, 3.63) is 129 Å². The molecule has 180 valence electrons. The minimum absolute atomic E-state index is 0.288. The fraction of sp³-hybridized carbons (Fsp3) is 0.0357. The van der Waals surface area contributed by atoms with E-state index >= 15 is 0 Å². The largest absolute Gasteiger partial charge is 0.489 e. The number of hydrogen-bond donors (Lipinski definition) is 1. The van der Waals surface area contributed by atoms with Crippen LogP contribution in [0.3, 0.4) is 0 Å². The third-order valence-corrected chi connectivity index (χ3v) is 5.73.